The van der Waals surface area contributed by atoms with Crippen LogP contribution in [0.3, 0.4) is 0 Å². The van der Waals surface area contributed by atoms with E-state index in [1.165, 1.54) is 26.2 Å². The minimum absolute atomic E-state index is 0.0408. The average molecular weight is 472 g/mol. The van der Waals surface area contributed by atoms with E-state index in [9.17, 15) is 22.8 Å². The molecule has 2 aliphatic rings. The van der Waals surface area contributed by atoms with E-state index in [1.807, 2.05) is 4.90 Å². The second-order valence-electron chi connectivity index (χ2n) is 8.16. The number of esters is 1. The average Bonchev–Trinajstić information content (AvgIpc) is 3.07. The van der Waals surface area contributed by atoms with Crippen molar-refractivity contribution in [3.63, 3.8) is 0 Å². The summed E-state index contributed by atoms with van der Waals surface area (Å²) in [6, 6.07) is 10.8. The van der Waals surface area contributed by atoms with Crippen molar-refractivity contribution in [1.29, 1.82) is 0 Å². The summed E-state index contributed by atoms with van der Waals surface area (Å²) in [5.74, 6) is -1.88. The summed E-state index contributed by atoms with van der Waals surface area (Å²) in [4.78, 5) is 41.0. The summed E-state index contributed by atoms with van der Waals surface area (Å²) >= 11 is 0. The molecule has 0 spiro atoms. The van der Waals surface area contributed by atoms with Crippen LogP contribution in [0.4, 0.5) is 5.69 Å². The topological polar surface area (TPSA) is 104 Å². The Bertz CT molecular complexity index is 1180. The molecular formula is C23H25N3O6S. The van der Waals surface area contributed by atoms with Crippen LogP contribution in [0.15, 0.2) is 47.4 Å². The summed E-state index contributed by atoms with van der Waals surface area (Å²) in [5.41, 5.74) is 1.16. The van der Waals surface area contributed by atoms with Gasteiger partial charge in [0.2, 0.25) is 10.0 Å². The molecule has 2 heterocycles. The first-order valence-corrected chi connectivity index (χ1v) is 12.1. The van der Waals surface area contributed by atoms with Crippen molar-refractivity contribution in [3.05, 3.63) is 59.2 Å². The molecular weight excluding hydrogens is 446 g/mol. The smallest absolute Gasteiger partial charge is 0.342 e. The Morgan fingerprint density at radius 3 is 2.15 bits per heavy atom. The van der Waals surface area contributed by atoms with Crippen LogP contribution in [0.2, 0.25) is 0 Å². The highest BCUT2D eigenvalue weighted by molar-refractivity contribution is 7.89. The Hall–Kier alpha value is -3.24. The predicted octanol–water partition coefficient (Wildman–Crippen LogP) is 2.34. The molecule has 2 aliphatic heterocycles. The zero-order valence-corrected chi connectivity index (χ0v) is 19.3. The van der Waals surface area contributed by atoms with Gasteiger partial charge in [-0.3, -0.25) is 9.59 Å². The van der Waals surface area contributed by atoms with E-state index in [1.54, 1.807) is 30.3 Å². The van der Waals surface area contributed by atoms with Crippen LogP contribution in [0, 0.1) is 0 Å². The number of ether oxygens (including phenoxy) is 1. The SMILES string of the molecule is CN(C)S(=O)(=O)c1ccc(N2CCCCC2)c(C(=O)OCN2C(=O)c3ccccc3C2=O)c1. The van der Waals surface area contributed by atoms with Crippen LogP contribution in [-0.4, -0.2) is 69.3 Å². The highest BCUT2D eigenvalue weighted by Crippen LogP contribution is 2.29. The van der Waals surface area contributed by atoms with Gasteiger partial charge in [0.05, 0.1) is 27.3 Å². The largest absolute Gasteiger partial charge is 0.440 e. The molecule has 33 heavy (non-hydrogen) atoms. The number of imide groups is 1. The molecule has 0 aromatic heterocycles. The number of piperidine rings is 1. The summed E-state index contributed by atoms with van der Waals surface area (Å²) in [5, 5.41) is 0. The number of benzene rings is 2. The standard InChI is InChI=1S/C23H25N3O6S/c1-24(2)33(30,31)16-10-11-20(25-12-6-3-7-13-25)19(14-16)23(29)32-15-26-21(27)17-8-4-5-9-18(17)22(26)28/h4-5,8-11,14H,3,6-7,12-13,15H2,1-2H3. The Balaban J connectivity index is 1.61. The number of fused-ring (bicyclic) bond motifs is 1. The van der Waals surface area contributed by atoms with E-state index in [0.29, 0.717) is 5.69 Å². The quantitative estimate of drug-likeness (QED) is 0.470. The van der Waals surface area contributed by atoms with Crippen molar-refractivity contribution in [1.82, 2.24) is 9.21 Å². The monoisotopic (exact) mass is 471 g/mol. The van der Waals surface area contributed by atoms with Gasteiger partial charge in [-0.15, -0.1) is 0 Å². The van der Waals surface area contributed by atoms with Crippen LogP contribution in [0.25, 0.3) is 0 Å². The molecule has 0 radical (unpaired) electrons. The highest BCUT2D eigenvalue weighted by Gasteiger charge is 2.36. The van der Waals surface area contributed by atoms with Crippen molar-refractivity contribution in [3.8, 4) is 0 Å². The number of carbonyl (C=O) groups excluding carboxylic acids is 3. The van der Waals surface area contributed by atoms with Gasteiger partial charge in [0.15, 0.2) is 6.73 Å². The summed E-state index contributed by atoms with van der Waals surface area (Å²) < 4.78 is 31.7. The van der Waals surface area contributed by atoms with Crippen molar-refractivity contribution in [2.45, 2.75) is 24.2 Å². The Kier molecular flexibility index (Phi) is 6.22. The van der Waals surface area contributed by atoms with Gasteiger partial charge in [-0.05, 0) is 49.6 Å². The van der Waals surface area contributed by atoms with Crippen molar-refractivity contribution < 1.29 is 27.5 Å². The molecule has 0 bridgehead atoms. The lowest BCUT2D eigenvalue weighted by atomic mass is 10.1. The number of carbonyl (C=O) groups is 3. The first-order chi connectivity index (χ1) is 15.7. The molecule has 1 fully saturated rings. The maximum absolute atomic E-state index is 13.1. The van der Waals surface area contributed by atoms with E-state index >= 15 is 0 Å². The molecule has 2 aromatic rings. The number of anilines is 1. The van der Waals surface area contributed by atoms with Crippen molar-refractivity contribution in [2.24, 2.45) is 0 Å². The lowest BCUT2D eigenvalue weighted by Crippen LogP contribution is -2.34. The number of hydrogen-bond donors (Lipinski definition) is 0. The van der Waals surface area contributed by atoms with Gasteiger partial charge >= 0.3 is 5.97 Å². The van der Waals surface area contributed by atoms with Crippen LogP contribution in [0.5, 0.6) is 0 Å². The van der Waals surface area contributed by atoms with E-state index < -0.39 is 34.5 Å². The molecule has 0 N–H and O–H groups in total. The van der Waals surface area contributed by atoms with Gasteiger partial charge in [-0.1, -0.05) is 12.1 Å². The lowest BCUT2D eigenvalue weighted by Gasteiger charge is -2.30. The molecule has 9 nitrogen and oxygen atoms in total. The van der Waals surface area contributed by atoms with Gasteiger partial charge < -0.3 is 9.64 Å². The van der Waals surface area contributed by atoms with Gasteiger partial charge in [-0.2, -0.15) is 0 Å². The number of amides is 2. The zero-order valence-electron chi connectivity index (χ0n) is 18.5. The number of sulfonamides is 1. The summed E-state index contributed by atoms with van der Waals surface area (Å²) in [6.07, 6.45) is 3.01. The van der Waals surface area contributed by atoms with Crippen LogP contribution in [0.1, 0.15) is 50.3 Å². The van der Waals surface area contributed by atoms with E-state index in [0.717, 1.165) is 41.6 Å². The minimum atomic E-state index is -3.78. The van der Waals surface area contributed by atoms with Gasteiger partial charge in [0, 0.05) is 27.2 Å². The third-order valence-corrected chi connectivity index (χ3v) is 7.68. The maximum Gasteiger partial charge on any atom is 0.342 e. The van der Waals surface area contributed by atoms with Crippen LogP contribution < -0.4 is 4.90 Å². The number of nitrogens with zero attached hydrogens (tertiary/aromatic N) is 3. The second-order valence-corrected chi connectivity index (χ2v) is 10.3. The Morgan fingerprint density at radius 1 is 0.970 bits per heavy atom. The first kappa shape index (κ1) is 22.9. The van der Waals surface area contributed by atoms with E-state index in [4.69, 9.17) is 4.74 Å². The van der Waals surface area contributed by atoms with Crippen LogP contribution >= 0.6 is 0 Å². The molecule has 10 heteroatoms. The van der Waals surface area contributed by atoms with E-state index in [2.05, 4.69) is 0 Å². The minimum Gasteiger partial charge on any atom is -0.440 e. The fourth-order valence-corrected chi connectivity index (χ4v) is 4.95. The lowest BCUT2D eigenvalue weighted by molar-refractivity contribution is 0.0228. The third kappa shape index (κ3) is 4.23. The summed E-state index contributed by atoms with van der Waals surface area (Å²) in [6.45, 7) is 0.909. The molecule has 0 unspecified atom stereocenters. The third-order valence-electron chi connectivity index (χ3n) is 5.87. The fourth-order valence-electron chi connectivity index (χ4n) is 4.02. The molecule has 174 valence electrons. The van der Waals surface area contributed by atoms with Gasteiger partial charge in [-0.25, -0.2) is 22.4 Å². The van der Waals surface area contributed by atoms with Crippen molar-refractivity contribution in [2.75, 3.05) is 38.8 Å². The fraction of sp³-hybridized carbons (Fsp3) is 0.348. The zero-order chi connectivity index (χ0) is 23.8. The molecule has 1 saturated heterocycles. The molecule has 2 amide bonds. The molecule has 4 rings (SSSR count). The van der Waals surface area contributed by atoms with E-state index in [-0.39, 0.29) is 21.6 Å². The Morgan fingerprint density at radius 2 is 1.58 bits per heavy atom. The number of hydrogen-bond acceptors (Lipinski definition) is 7. The molecule has 0 saturated carbocycles. The van der Waals surface area contributed by atoms with Gasteiger partial charge in [0.25, 0.3) is 11.8 Å². The molecule has 0 atom stereocenters. The highest BCUT2D eigenvalue weighted by atomic mass is 32.2. The predicted molar refractivity (Wildman–Crippen MR) is 121 cm³/mol. The first-order valence-electron chi connectivity index (χ1n) is 10.7. The summed E-state index contributed by atoms with van der Waals surface area (Å²) in [7, 11) is -0.955. The number of rotatable bonds is 6. The van der Waals surface area contributed by atoms with Crippen LogP contribution in [-0.2, 0) is 14.8 Å². The second kappa shape index (κ2) is 8.95. The Labute approximate surface area is 192 Å². The van der Waals surface area contributed by atoms with Crippen molar-refractivity contribution >= 4 is 33.5 Å². The van der Waals surface area contributed by atoms with Gasteiger partial charge in [0.1, 0.15) is 0 Å². The molecule has 2 aromatic carbocycles. The maximum atomic E-state index is 13.1. The molecule has 0 aliphatic carbocycles. The normalized spacial score (nSPS) is 16.3.